The summed E-state index contributed by atoms with van der Waals surface area (Å²) in [6.45, 7) is 3.86. The molecule has 1 amide bonds. The van der Waals surface area contributed by atoms with E-state index < -0.39 is 0 Å². The van der Waals surface area contributed by atoms with Crippen LogP contribution in [0.2, 0.25) is 10.0 Å². The molecule has 20 heavy (non-hydrogen) atoms. The van der Waals surface area contributed by atoms with E-state index in [2.05, 4.69) is 26.3 Å². The number of carbonyl (C=O) groups excluding carboxylic acids is 1. The molecule has 1 aromatic heterocycles. The van der Waals surface area contributed by atoms with Gasteiger partial charge in [0, 0.05) is 0 Å². The first-order valence-corrected chi connectivity index (χ1v) is 7.38. The van der Waals surface area contributed by atoms with Crippen molar-refractivity contribution in [2.24, 2.45) is 0 Å². The first-order valence-electron chi connectivity index (χ1n) is 5.83. The van der Waals surface area contributed by atoms with Gasteiger partial charge in [0.05, 0.1) is 31.6 Å². The maximum absolute atomic E-state index is 12.1. The van der Waals surface area contributed by atoms with Gasteiger partial charge >= 0.3 is 0 Å². The highest BCUT2D eigenvalue weighted by molar-refractivity contribution is 9.10. The number of hydrogen-bond donors (Lipinski definition) is 1. The van der Waals surface area contributed by atoms with Gasteiger partial charge < -0.3 is 5.32 Å². The largest absolute Gasteiger partial charge is 0.322 e. The average Bonchev–Trinajstić information content (AvgIpc) is 2.62. The number of hydrogen-bond acceptors (Lipinski definition) is 2. The lowest BCUT2D eigenvalue weighted by molar-refractivity contribution is -0.116. The lowest BCUT2D eigenvalue weighted by atomic mass is 10.3. The molecule has 0 aliphatic heterocycles. The summed E-state index contributed by atoms with van der Waals surface area (Å²) in [7, 11) is 0. The predicted molar refractivity (Wildman–Crippen MR) is 84.5 cm³/mol. The lowest BCUT2D eigenvalue weighted by Crippen LogP contribution is -2.20. The standard InChI is InChI=1S/C13H12BrCl2N3O/c1-7-12(14)8(2)19(18-7)6-11(20)17-13-9(15)4-3-5-10(13)16/h3-5H,6H2,1-2H3,(H,17,20). The highest BCUT2D eigenvalue weighted by Gasteiger charge is 2.14. The van der Waals surface area contributed by atoms with Crippen LogP contribution in [0.4, 0.5) is 5.69 Å². The molecule has 0 radical (unpaired) electrons. The number of carbonyl (C=O) groups is 1. The van der Waals surface area contributed by atoms with Crippen LogP contribution in [0.1, 0.15) is 11.4 Å². The molecule has 0 spiro atoms. The van der Waals surface area contributed by atoms with Crippen molar-refractivity contribution < 1.29 is 4.79 Å². The smallest absolute Gasteiger partial charge is 0.246 e. The van der Waals surface area contributed by atoms with Crippen molar-refractivity contribution in [1.29, 1.82) is 0 Å². The van der Waals surface area contributed by atoms with Gasteiger partial charge in [0.1, 0.15) is 6.54 Å². The molecule has 1 N–H and O–H groups in total. The van der Waals surface area contributed by atoms with Gasteiger partial charge in [-0.15, -0.1) is 0 Å². The van der Waals surface area contributed by atoms with E-state index in [0.717, 1.165) is 15.9 Å². The quantitative estimate of drug-likeness (QED) is 0.872. The third kappa shape index (κ3) is 3.16. The Labute approximate surface area is 135 Å². The minimum Gasteiger partial charge on any atom is -0.322 e. The summed E-state index contributed by atoms with van der Waals surface area (Å²) >= 11 is 15.4. The molecule has 0 atom stereocenters. The number of amides is 1. The van der Waals surface area contributed by atoms with E-state index in [9.17, 15) is 4.79 Å². The second kappa shape index (κ2) is 6.16. The predicted octanol–water partition coefficient (Wildman–Crippen LogP) is 4.21. The fraction of sp³-hybridized carbons (Fsp3) is 0.231. The van der Waals surface area contributed by atoms with Crippen LogP contribution in [0.5, 0.6) is 0 Å². The van der Waals surface area contributed by atoms with Gasteiger partial charge in [-0.25, -0.2) is 0 Å². The molecule has 0 saturated carbocycles. The molecule has 2 aromatic rings. The zero-order valence-electron chi connectivity index (χ0n) is 10.9. The molecule has 0 unspecified atom stereocenters. The third-order valence-electron chi connectivity index (χ3n) is 2.81. The third-order valence-corrected chi connectivity index (χ3v) is 4.59. The molecule has 1 aromatic carbocycles. The summed E-state index contributed by atoms with van der Waals surface area (Å²) in [4.78, 5) is 12.1. The molecule has 0 aliphatic rings. The Balaban J connectivity index is 2.15. The number of para-hydroxylation sites is 1. The second-order valence-electron chi connectivity index (χ2n) is 4.29. The summed E-state index contributed by atoms with van der Waals surface area (Å²) in [6, 6.07) is 5.06. The number of nitrogens with one attached hydrogen (secondary N) is 1. The zero-order chi connectivity index (χ0) is 14.9. The Morgan fingerprint density at radius 2 is 1.95 bits per heavy atom. The van der Waals surface area contributed by atoms with E-state index in [1.165, 1.54) is 0 Å². The maximum Gasteiger partial charge on any atom is 0.246 e. The Hall–Kier alpha value is -1.04. The van der Waals surface area contributed by atoms with Crippen LogP contribution in [0, 0.1) is 13.8 Å². The Bertz CT molecular complexity index is 650. The van der Waals surface area contributed by atoms with Crippen molar-refractivity contribution in [3.8, 4) is 0 Å². The van der Waals surface area contributed by atoms with Gasteiger partial charge in [0.25, 0.3) is 0 Å². The molecule has 7 heteroatoms. The molecule has 0 saturated heterocycles. The fourth-order valence-electron chi connectivity index (χ4n) is 1.76. The van der Waals surface area contributed by atoms with Gasteiger partial charge in [-0.1, -0.05) is 29.3 Å². The first-order chi connectivity index (χ1) is 9.40. The van der Waals surface area contributed by atoms with Crippen LogP contribution in [-0.4, -0.2) is 15.7 Å². The molecule has 2 rings (SSSR count). The Morgan fingerprint density at radius 3 is 2.45 bits per heavy atom. The van der Waals surface area contributed by atoms with Crippen molar-refractivity contribution in [2.75, 3.05) is 5.32 Å². The van der Waals surface area contributed by atoms with Gasteiger partial charge in [0.15, 0.2) is 0 Å². The second-order valence-corrected chi connectivity index (χ2v) is 5.89. The Kier molecular flexibility index (Phi) is 4.73. The van der Waals surface area contributed by atoms with Crippen LogP contribution in [0.25, 0.3) is 0 Å². The monoisotopic (exact) mass is 375 g/mol. The minimum absolute atomic E-state index is 0.0970. The van der Waals surface area contributed by atoms with Crippen LogP contribution in [-0.2, 0) is 11.3 Å². The molecule has 1 heterocycles. The topological polar surface area (TPSA) is 46.9 Å². The van der Waals surface area contributed by atoms with Crippen molar-refractivity contribution >= 4 is 50.7 Å². The summed E-state index contributed by atoms with van der Waals surface area (Å²) in [5.41, 5.74) is 2.15. The molecular formula is C13H12BrCl2N3O. The number of aryl methyl sites for hydroxylation is 1. The highest BCUT2D eigenvalue weighted by atomic mass is 79.9. The van der Waals surface area contributed by atoms with Crippen molar-refractivity contribution in [3.05, 3.63) is 44.1 Å². The molecular weight excluding hydrogens is 365 g/mol. The van der Waals surface area contributed by atoms with Crippen molar-refractivity contribution in [1.82, 2.24) is 9.78 Å². The van der Waals surface area contributed by atoms with Gasteiger partial charge in [0.2, 0.25) is 5.91 Å². The lowest BCUT2D eigenvalue weighted by Gasteiger charge is -2.10. The average molecular weight is 377 g/mol. The van der Waals surface area contributed by atoms with E-state index in [-0.39, 0.29) is 12.5 Å². The highest BCUT2D eigenvalue weighted by Crippen LogP contribution is 2.29. The van der Waals surface area contributed by atoms with Crippen molar-refractivity contribution in [2.45, 2.75) is 20.4 Å². The molecule has 0 aliphatic carbocycles. The van der Waals surface area contributed by atoms with Crippen LogP contribution < -0.4 is 5.32 Å². The number of halogens is 3. The van der Waals surface area contributed by atoms with E-state index in [1.807, 2.05) is 13.8 Å². The summed E-state index contributed by atoms with van der Waals surface area (Å²) in [5.74, 6) is -0.238. The summed E-state index contributed by atoms with van der Waals surface area (Å²) in [6.07, 6.45) is 0. The molecule has 0 bridgehead atoms. The number of benzene rings is 1. The van der Waals surface area contributed by atoms with Gasteiger partial charge in [-0.3, -0.25) is 9.48 Å². The minimum atomic E-state index is -0.238. The van der Waals surface area contributed by atoms with Crippen LogP contribution in [0.3, 0.4) is 0 Å². The molecule has 106 valence electrons. The molecule has 4 nitrogen and oxygen atoms in total. The fourth-order valence-corrected chi connectivity index (χ4v) is 2.54. The normalized spacial score (nSPS) is 10.7. The van der Waals surface area contributed by atoms with E-state index in [4.69, 9.17) is 23.2 Å². The van der Waals surface area contributed by atoms with Crippen LogP contribution >= 0.6 is 39.1 Å². The number of anilines is 1. The zero-order valence-corrected chi connectivity index (χ0v) is 14.0. The molecule has 0 fully saturated rings. The van der Waals surface area contributed by atoms with Gasteiger partial charge in [-0.05, 0) is 41.9 Å². The number of rotatable bonds is 3. The van der Waals surface area contributed by atoms with E-state index in [0.29, 0.717) is 15.7 Å². The SMILES string of the molecule is Cc1nn(CC(=O)Nc2c(Cl)cccc2Cl)c(C)c1Br. The van der Waals surface area contributed by atoms with Crippen LogP contribution in [0.15, 0.2) is 22.7 Å². The van der Waals surface area contributed by atoms with E-state index >= 15 is 0 Å². The maximum atomic E-state index is 12.1. The van der Waals surface area contributed by atoms with E-state index in [1.54, 1.807) is 22.9 Å². The van der Waals surface area contributed by atoms with Crippen molar-refractivity contribution in [3.63, 3.8) is 0 Å². The first kappa shape index (κ1) is 15.4. The summed E-state index contributed by atoms with van der Waals surface area (Å²) < 4.78 is 2.53. The Morgan fingerprint density at radius 1 is 1.35 bits per heavy atom. The number of nitrogens with zero attached hydrogens (tertiary/aromatic N) is 2. The summed E-state index contributed by atoms with van der Waals surface area (Å²) in [5, 5.41) is 7.79. The van der Waals surface area contributed by atoms with Gasteiger partial charge in [-0.2, -0.15) is 5.10 Å². The number of aromatic nitrogens is 2.